The Morgan fingerprint density at radius 3 is 2.24 bits per heavy atom. The molecule has 2 fully saturated rings. The van der Waals surface area contributed by atoms with Crippen molar-refractivity contribution in [1.82, 2.24) is 9.29 Å². The average Bonchev–Trinajstić information content (AvgIpc) is 3.51. The van der Waals surface area contributed by atoms with Crippen LogP contribution in [-0.4, -0.2) is 30.6 Å². The molecule has 0 spiro atoms. The monoisotopic (exact) mass is 542 g/mol. The molecule has 2 aromatic rings. The number of nitrogens with one attached hydrogen (secondary N) is 1. The first-order valence-electron chi connectivity index (χ1n) is 14.1. The molecule has 210 valence electrons. The van der Waals surface area contributed by atoms with E-state index in [0.29, 0.717) is 11.6 Å². The second kappa shape index (κ2) is 10.1. The number of carboxylic acids is 1. The Hall–Kier alpha value is -2.12. The summed E-state index contributed by atoms with van der Waals surface area (Å²) in [5, 5.41) is 9.49. The molecular formula is C31H46N2O4S. The van der Waals surface area contributed by atoms with Gasteiger partial charge in [-0.3, -0.25) is 4.79 Å². The van der Waals surface area contributed by atoms with Crippen LogP contribution in [0.3, 0.4) is 0 Å². The van der Waals surface area contributed by atoms with Gasteiger partial charge in [0.15, 0.2) is 0 Å². The molecule has 7 heteroatoms. The van der Waals surface area contributed by atoms with Crippen molar-refractivity contribution < 1.29 is 18.3 Å². The summed E-state index contributed by atoms with van der Waals surface area (Å²) >= 11 is 0. The van der Waals surface area contributed by atoms with Gasteiger partial charge in [-0.2, -0.15) is 0 Å². The van der Waals surface area contributed by atoms with E-state index < -0.39 is 21.4 Å². The van der Waals surface area contributed by atoms with Crippen LogP contribution in [0, 0.1) is 18.3 Å². The second-order valence-corrected chi connectivity index (χ2v) is 15.5. The molecule has 6 nitrogen and oxygen atoms in total. The third-order valence-corrected chi connectivity index (χ3v) is 10.4. The lowest BCUT2D eigenvalue weighted by atomic mass is 9.82. The highest BCUT2D eigenvalue weighted by Gasteiger charge is 2.40. The summed E-state index contributed by atoms with van der Waals surface area (Å²) in [6, 6.07) is 8.66. The van der Waals surface area contributed by atoms with Crippen LogP contribution in [0.25, 0.3) is 11.3 Å². The zero-order chi connectivity index (χ0) is 28.1. The fourth-order valence-corrected chi connectivity index (χ4v) is 6.93. The molecule has 0 amide bonds. The number of benzene rings is 1. The highest BCUT2D eigenvalue weighted by Crippen LogP contribution is 2.49. The molecule has 0 radical (unpaired) electrons. The van der Waals surface area contributed by atoms with Gasteiger partial charge >= 0.3 is 5.97 Å². The molecule has 2 N–H and O–H groups in total. The van der Waals surface area contributed by atoms with Crippen LogP contribution in [0.5, 0.6) is 0 Å². The Kier molecular flexibility index (Phi) is 7.69. The Morgan fingerprint density at radius 1 is 1.05 bits per heavy atom. The van der Waals surface area contributed by atoms with Crippen molar-refractivity contribution in [2.24, 2.45) is 11.3 Å². The van der Waals surface area contributed by atoms with Crippen LogP contribution < -0.4 is 4.72 Å². The van der Waals surface area contributed by atoms with Gasteiger partial charge < -0.3 is 9.67 Å². The van der Waals surface area contributed by atoms with Crippen molar-refractivity contribution in [1.29, 1.82) is 0 Å². The van der Waals surface area contributed by atoms with Crippen LogP contribution in [0.2, 0.25) is 0 Å². The number of sulfonamides is 1. The minimum absolute atomic E-state index is 0.0370. The first kappa shape index (κ1) is 28.9. The molecule has 2 aliphatic rings. The molecule has 0 unspecified atom stereocenters. The lowest BCUT2D eigenvalue weighted by Gasteiger charge is -2.26. The minimum atomic E-state index is -3.91. The predicted molar refractivity (Wildman–Crippen MR) is 153 cm³/mol. The molecule has 1 aromatic carbocycles. The minimum Gasteiger partial charge on any atom is -0.481 e. The zero-order valence-electron chi connectivity index (χ0n) is 24.3. The van der Waals surface area contributed by atoms with Crippen molar-refractivity contribution in [3.05, 3.63) is 41.1 Å². The molecule has 0 saturated heterocycles. The maximum absolute atomic E-state index is 13.6. The van der Waals surface area contributed by atoms with Crippen LogP contribution >= 0.6 is 0 Å². The number of aliphatic carboxylic acids is 1. The van der Waals surface area contributed by atoms with Gasteiger partial charge in [-0.15, -0.1) is 0 Å². The van der Waals surface area contributed by atoms with Gasteiger partial charge in [-0.05, 0) is 98.1 Å². The Morgan fingerprint density at radius 2 is 1.68 bits per heavy atom. The van der Waals surface area contributed by atoms with Gasteiger partial charge in [0.05, 0.1) is 5.41 Å². The van der Waals surface area contributed by atoms with E-state index in [2.05, 4.69) is 55.2 Å². The van der Waals surface area contributed by atoms with Crippen LogP contribution in [0.4, 0.5) is 0 Å². The van der Waals surface area contributed by atoms with Gasteiger partial charge in [0, 0.05) is 24.5 Å². The second-order valence-electron chi connectivity index (χ2n) is 13.7. The van der Waals surface area contributed by atoms with E-state index in [-0.39, 0.29) is 22.3 Å². The summed E-state index contributed by atoms with van der Waals surface area (Å²) in [5.41, 5.74) is 4.24. The number of nitrogens with zero attached hydrogens (tertiary/aromatic N) is 1. The van der Waals surface area contributed by atoms with Crippen molar-refractivity contribution in [2.45, 2.75) is 116 Å². The lowest BCUT2D eigenvalue weighted by molar-refractivity contribution is -0.146. The number of hydrogen-bond donors (Lipinski definition) is 2. The lowest BCUT2D eigenvalue weighted by Crippen LogP contribution is -2.39. The first-order valence-corrected chi connectivity index (χ1v) is 15.6. The number of rotatable bonds is 9. The van der Waals surface area contributed by atoms with Gasteiger partial charge in [0.2, 0.25) is 10.0 Å². The highest BCUT2D eigenvalue weighted by atomic mass is 32.2. The molecule has 1 aromatic heterocycles. The van der Waals surface area contributed by atoms with Gasteiger partial charge in [0.1, 0.15) is 4.90 Å². The Bertz CT molecular complexity index is 1280. The summed E-state index contributed by atoms with van der Waals surface area (Å²) in [6.07, 6.45) is 8.38. The van der Waals surface area contributed by atoms with E-state index in [1.54, 1.807) is 0 Å². The largest absolute Gasteiger partial charge is 0.481 e. The molecule has 1 heterocycles. The molecule has 2 aliphatic carbocycles. The van der Waals surface area contributed by atoms with E-state index in [1.165, 1.54) is 57.1 Å². The van der Waals surface area contributed by atoms with Crippen molar-refractivity contribution in [2.75, 3.05) is 6.54 Å². The van der Waals surface area contributed by atoms with Crippen molar-refractivity contribution in [3.63, 3.8) is 0 Å². The van der Waals surface area contributed by atoms with Crippen molar-refractivity contribution >= 4 is 16.0 Å². The van der Waals surface area contributed by atoms with Gasteiger partial charge in [0.25, 0.3) is 0 Å². The van der Waals surface area contributed by atoms with Crippen LogP contribution in [0.15, 0.2) is 29.2 Å². The third kappa shape index (κ3) is 6.04. The van der Waals surface area contributed by atoms with E-state index in [0.717, 1.165) is 30.6 Å². The maximum atomic E-state index is 13.6. The topological polar surface area (TPSA) is 88.4 Å². The Labute approximate surface area is 229 Å². The van der Waals surface area contributed by atoms with E-state index in [1.807, 2.05) is 13.0 Å². The maximum Gasteiger partial charge on any atom is 0.310 e. The van der Waals surface area contributed by atoms with E-state index >= 15 is 0 Å². The molecule has 4 rings (SSSR count). The number of carbonyl (C=O) groups is 1. The fourth-order valence-electron chi connectivity index (χ4n) is 5.46. The summed E-state index contributed by atoms with van der Waals surface area (Å²) in [6.45, 7) is 14.6. The molecule has 0 atom stereocenters. The zero-order valence-corrected chi connectivity index (χ0v) is 25.1. The average molecular weight is 543 g/mol. The van der Waals surface area contributed by atoms with E-state index in [9.17, 15) is 18.3 Å². The SMILES string of the molecule is Cc1c(S(=O)(=O)NCC(C)(C)C(=O)O)cc(-c2cc(C(C)(C)C)cc(C3(C)CC3)c2)n1CC1CCCCC1. The quantitative estimate of drug-likeness (QED) is 0.365. The number of hydrogen-bond acceptors (Lipinski definition) is 3. The molecule has 0 aliphatic heterocycles. The summed E-state index contributed by atoms with van der Waals surface area (Å²) in [5.74, 6) is -0.512. The highest BCUT2D eigenvalue weighted by molar-refractivity contribution is 7.89. The standard InChI is InChI=1S/C31H46N2O4S/c1-21-27(38(36,37)32-20-30(5,6)28(34)35)18-26(33(21)19-22-11-9-8-10-12-22)23-15-24(29(2,3)4)17-25(16-23)31(7)13-14-31/h15-18,22,32H,8-14,19-20H2,1-7H3,(H,34,35). The van der Waals surface area contributed by atoms with Crippen LogP contribution in [-0.2, 0) is 32.2 Å². The summed E-state index contributed by atoms with van der Waals surface area (Å²) in [7, 11) is -3.91. The van der Waals surface area contributed by atoms with Gasteiger partial charge in [-0.25, -0.2) is 13.1 Å². The molecule has 2 saturated carbocycles. The van der Waals surface area contributed by atoms with Crippen LogP contribution in [0.1, 0.15) is 103 Å². The number of aromatic nitrogens is 1. The van der Waals surface area contributed by atoms with E-state index in [4.69, 9.17) is 0 Å². The van der Waals surface area contributed by atoms with Gasteiger partial charge in [-0.1, -0.05) is 53.0 Å². The Balaban J connectivity index is 1.83. The number of carboxylic acid groups (broad SMARTS) is 1. The fraction of sp³-hybridized carbons (Fsp3) is 0.645. The predicted octanol–water partition coefficient (Wildman–Crippen LogP) is 6.78. The smallest absolute Gasteiger partial charge is 0.310 e. The van der Waals surface area contributed by atoms with Crippen molar-refractivity contribution in [3.8, 4) is 11.3 Å². The molecular weight excluding hydrogens is 496 g/mol. The first-order chi connectivity index (χ1) is 17.5. The molecule has 38 heavy (non-hydrogen) atoms. The third-order valence-electron chi connectivity index (χ3n) is 8.85. The summed E-state index contributed by atoms with van der Waals surface area (Å²) in [4.78, 5) is 11.8. The normalized spacial score (nSPS) is 18.5. The summed E-state index contributed by atoms with van der Waals surface area (Å²) < 4.78 is 31.9. The molecule has 0 bridgehead atoms.